The van der Waals surface area contributed by atoms with Crippen LogP contribution >= 0.6 is 0 Å². The molecule has 2 aliphatic carbocycles. The number of rotatable bonds is 6. The molecule has 0 N–H and O–H groups in total. The van der Waals surface area contributed by atoms with Crippen molar-refractivity contribution in [3.8, 4) is 0 Å². The third-order valence-electron chi connectivity index (χ3n) is 5.48. The SMILES string of the molecule is [CH2]=[Ti]([O]C(=O)c1ccccc1)([O]C(=O)c1ccccc1)([C]1=CC=CC1)[C]1=CC=CC1. The van der Waals surface area contributed by atoms with E-state index in [-0.39, 0.29) is 0 Å². The first kappa shape index (κ1) is 20.2. The Morgan fingerprint density at radius 3 is 1.43 bits per heavy atom. The average molecular weight is 434 g/mol. The van der Waals surface area contributed by atoms with Gasteiger partial charge in [-0.15, -0.1) is 0 Å². The molecular formula is C25H22O4Ti. The van der Waals surface area contributed by atoms with E-state index in [1.807, 2.05) is 48.6 Å². The van der Waals surface area contributed by atoms with Gasteiger partial charge in [-0.3, -0.25) is 0 Å². The summed E-state index contributed by atoms with van der Waals surface area (Å²) in [5, 5.41) is 0. The molecule has 4 nitrogen and oxygen atoms in total. The van der Waals surface area contributed by atoms with Crippen molar-refractivity contribution in [2.75, 3.05) is 0 Å². The van der Waals surface area contributed by atoms with Crippen molar-refractivity contribution in [1.29, 1.82) is 0 Å². The summed E-state index contributed by atoms with van der Waals surface area (Å²) >= 11 is -5.20. The second-order valence-corrected chi connectivity index (χ2v) is 14.0. The summed E-state index contributed by atoms with van der Waals surface area (Å²) in [7, 11) is 0. The number of carbonyl (C=O) groups excluding carboxylic acids is 2. The fraction of sp³-hybridized carbons (Fsp3) is 0.0800. The van der Waals surface area contributed by atoms with E-state index >= 15 is 0 Å². The fourth-order valence-electron chi connectivity index (χ4n) is 3.79. The average Bonchev–Trinajstić information content (AvgIpc) is 3.50. The van der Waals surface area contributed by atoms with Crippen LogP contribution in [0.25, 0.3) is 0 Å². The predicted octanol–water partition coefficient (Wildman–Crippen LogP) is 5.34. The second kappa shape index (κ2) is 7.98. The molecule has 2 aromatic carbocycles. The standard InChI is InChI=1S/2C7H6O2.2C5H5.CH2.Ti/c2*8-7(9)6-4-2-1-3-5-6;2*1-2-4-5-3-1;;/h2*1-5H,(H,8,9);2*1-3H,4H2;1H2;/q;;;;;+2/p-2. The minimum absolute atomic E-state index is 0.394. The van der Waals surface area contributed by atoms with Gasteiger partial charge in [-0.2, -0.15) is 0 Å². The molecule has 0 fully saturated rings. The summed E-state index contributed by atoms with van der Waals surface area (Å²) in [4.78, 5) is 30.9. The summed E-state index contributed by atoms with van der Waals surface area (Å²) in [6, 6.07) is 17.5. The molecule has 0 bridgehead atoms. The molecule has 2 aliphatic rings. The monoisotopic (exact) mass is 434 g/mol. The molecule has 0 aromatic heterocycles. The summed E-state index contributed by atoms with van der Waals surface area (Å²) in [6.45, 7) is 0. The first-order valence-corrected chi connectivity index (χ1v) is 13.8. The zero-order chi connectivity index (χ0) is 21.1. The van der Waals surface area contributed by atoms with Gasteiger partial charge in [-0.05, 0) is 0 Å². The molecule has 0 spiro atoms. The zero-order valence-corrected chi connectivity index (χ0v) is 18.1. The number of hydrogen-bond acceptors (Lipinski definition) is 4. The van der Waals surface area contributed by atoms with E-state index in [9.17, 15) is 9.59 Å². The normalized spacial score (nSPS) is 15.5. The van der Waals surface area contributed by atoms with Crippen LogP contribution in [0.5, 0.6) is 0 Å². The van der Waals surface area contributed by atoms with Gasteiger partial charge in [0, 0.05) is 0 Å². The molecule has 4 rings (SSSR count). The maximum atomic E-state index is 13.2. The van der Waals surface area contributed by atoms with Gasteiger partial charge in [0.05, 0.1) is 0 Å². The fourth-order valence-corrected chi connectivity index (χ4v) is 9.93. The van der Waals surface area contributed by atoms with Gasteiger partial charge in [-0.25, -0.2) is 0 Å². The number of allylic oxidation sites excluding steroid dienone is 8. The van der Waals surface area contributed by atoms with Crippen LogP contribution < -0.4 is 0 Å². The quantitative estimate of drug-likeness (QED) is 0.576. The molecule has 0 saturated carbocycles. The van der Waals surface area contributed by atoms with E-state index in [1.165, 1.54) is 0 Å². The van der Waals surface area contributed by atoms with Crippen LogP contribution in [0.4, 0.5) is 0 Å². The van der Waals surface area contributed by atoms with Crippen molar-refractivity contribution < 1.29 is 31.8 Å². The number of hydrogen-bond donors (Lipinski definition) is 0. The topological polar surface area (TPSA) is 52.6 Å². The molecular weight excluding hydrogens is 412 g/mol. The molecule has 0 heterocycles. The Bertz CT molecular complexity index is 1070. The van der Waals surface area contributed by atoms with E-state index < -0.39 is 27.6 Å². The third kappa shape index (κ3) is 3.60. The van der Waals surface area contributed by atoms with Crippen molar-refractivity contribution in [3.05, 3.63) is 116 Å². The summed E-state index contributed by atoms with van der Waals surface area (Å²) in [5.41, 5.74) is 0.788. The molecule has 2 aromatic rings. The molecule has 0 radical (unpaired) electrons. The number of carbonyl (C=O) groups is 2. The minimum atomic E-state index is -5.20. The Morgan fingerprint density at radius 2 is 1.10 bits per heavy atom. The zero-order valence-electron chi connectivity index (χ0n) is 16.5. The summed E-state index contributed by atoms with van der Waals surface area (Å²) in [5.74, 6) is -1.08. The predicted molar refractivity (Wildman–Crippen MR) is 115 cm³/mol. The Morgan fingerprint density at radius 1 is 0.700 bits per heavy atom. The first-order valence-electron chi connectivity index (χ1n) is 9.83. The Kier molecular flexibility index (Phi) is 5.38. The van der Waals surface area contributed by atoms with Gasteiger partial charge in [-0.1, -0.05) is 0 Å². The van der Waals surface area contributed by atoms with Crippen LogP contribution in [-0.2, 0) is 22.3 Å². The van der Waals surface area contributed by atoms with Gasteiger partial charge in [0.1, 0.15) is 0 Å². The van der Waals surface area contributed by atoms with Crippen molar-refractivity contribution in [2.45, 2.75) is 12.8 Å². The maximum absolute atomic E-state index is 13.2. The summed E-state index contributed by atoms with van der Waals surface area (Å²) in [6.07, 6.45) is 12.5. The van der Waals surface area contributed by atoms with Gasteiger partial charge in [0.15, 0.2) is 0 Å². The van der Waals surface area contributed by atoms with Crippen molar-refractivity contribution in [3.63, 3.8) is 0 Å². The van der Waals surface area contributed by atoms with E-state index in [2.05, 4.69) is 4.82 Å². The van der Waals surface area contributed by atoms with Gasteiger partial charge in [0.25, 0.3) is 0 Å². The molecule has 0 atom stereocenters. The van der Waals surface area contributed by atoms with Gasteiger partial charge < -0.3 is 0 Å². The van der Waals surface area contributed by atoms with Gasteiger partial charge >= 0.3 is 177 Å². The summed E-state index contributed by atoms with van der Waals surface area (Å²) < 4.78 is 14.1. The van der Waals surface area contributed by atoms with Crippen molar-refractivity contribution in [2.24, 2.45) is 0 Å². The molecule has 0 amide bonds. The first-order chi connectivity index (χ1) is 14.5. The van der Waals surface area contributed by atoms with Crippen molar-refractivity contribution >= 4 is 16.8 Å². The van der Waals surface area contributed by atoms with Crippen LogP contribution in [0.3, 0.4) is 0 Å². The van der Waals surface area contributed by atoms with E-state index in [0.717, 1.165) is 7.76 Å². The Hall–Kier alpha value is -3.08. The Balaban J connectivity index is 1.83. The molecule has 0 saturated heterocycles. The van der Waals surface area contributed by atoms with Crippen LogP contribution in [0.15, 0.2) is 105 Å². The van der Waals surface area contributed by atoms with E-state index in [1.54, 1.807) is 48.5 Å². The van der Waals surface area contributed by atoms with E-state index in [4.69, 9.17) is 6.64 Å². The van der Waals surface area contributed by atoms with E-state index in [0.29, 0.717) is 24.0 Å². The van der Waals surface area contributed by atoms with Crippen molar-refractivity contribution in [1.82, 2.24) is 0 Å². The molecule has 30 heavy (non-hydrogen) atoms. The third-order valence-corrected chi connectivity index (χ3v) is 12.6. The van der Waals surface area contributed by atoms with Crippen LogP contribution in [0.1, 0.15) is 33.6 Å². The number of benzene rings is 2. The molecule has 0 unspecified atom stereocenters. The van der Waals surface area contributed by atoms with Gasteiger partial charge in [0.2, 0.25) is 0 Å². The molecule has 150 valence electrons. The van der Waals surface area contributed by atoms with Crippen LogP contribution in [0.2, 0.25) is 0 Å². The van der Waals surface area contributed by atoms with Crippen LogP contribution in [-0.4, -0.2) is 16.8 Å². The Labute approximate surface area is 177 Å². The van der Waals surface area contributed by atoms with Crippen LogP contribution in [0, 0.1) is 0 Å². The second-order valence-electron chi connectivity index (χ2n) is 7.42. The molecule has 0 aliphatic heterocycles. The molecule has 5 heteroatoms.